The molecule has 0 bridgehead atoms. The maximum Gasteiger partial charge on any atom is 0.417 e. The van der Waals surface area contributed by atoms with Crippen molar-refractivity contribution >= 4 is 38.3 Å². The van der Waals surface area contributed by atoms with Crippen LogP contribution >= 0.6 is 8.58 Å². The van der Waals surface area contributed by atoms with Gasteiger partial charge in [-0.2, -0.15) is 26.3 Å². The van der Waals surface area contributed by atoms with E-state index in [1.807, 2.05) is 0 Å². The average molecular weight is 633 g/mol. The van der Waals surface area contributed by atoms with E-state index >= 15 is 0 Å². The third-order valence-electron chi connectivity index (χ3n) is 6.10. The molecule has 0 aliphatic rings. The summed E-state index contributed by atoms with van der Waals surface area (Å²) in [4.78, 5) is 13.6. The standard InChI is InChI=1S/C33H21F6O4P.Li/c34-32(35,36)25-17-10-18-26(33(37,38)39)29(25)31(40)44-30-27(42-22-13-6-2-7-14-22)19-24(41-21-11-4-1-5-12-21)20-28(30)43-23-15-8-3-9-16-23;/h1-20,44H;. The number of carbonyl (C=O) groups is 1. The van der Waals surface area contributed by atoms with Gasteiger partial charge >= 0.3 is 12.4 Å². The second kappa shape index (κ2) is 14.3. The number of alkyl halides is 6. The predicted molar refractivity (Wildman–Crippen MR) is 160 cm³/mol. The van der Waals surface area contributed by atoms with Crippen LogP contribution in [0.1, 0.15) is 21.5 Å². The minimum absolute atomic E-state index is 0. The van der Waals surface area contributed by atoms with E-state index in [2.05, 4.69) is 0 Å². The Labute approximate surface area is 267 Å². The molecule has 0 spiro atoms. The fourth-order valence-corrected chi connectivity index (χ4v) is 5.32. The summed E-state index contributed by atoms with van der Waals surface area (Å²) in [5.74, 6) is 1.09. The van der Waals surface area contributed by atoms with Gasteiger partial charge in [0, 0.05) is 36.6 Å². The van der Waals surface area contributed by atoms with Gasteiger partial charge in [-0.1, -0.05) is 60.7 Å². The molecule has 1 unspecified atom stereocenters. The third kappa shape index (κ3) is 8.49. The second-order valence-corrected chi connectivity index (χ2v) is 10.4. The number of hydrogen-bond acceptors (Lipinski definition) is 4. The van der Waals surface area contributed by atoms with Gasteiger partial charge in [-0.05, 0) is 57.1 Å². The molecule has 0 aliphatic carbocycles. The number of hydrogen-bond donors (Lipinski definition) is 0. The average Bonchev–Trinajstić information content (AvgIpc) is 2.99. The summed E-state index contributed by atoms with van der Waals surface area (Å²) in [5.41, 5.74) is -6.26. The number of rotatable bonds is 9. The molecular formula is C33H21F6LiO4P. The molecule has 12 heteroatoms. The molecule has 225 valence electrons. The first-order valence-corrected chi connectivity index (χ1v) is 13.9. The normalized spacial score (nSPS) is 11.6. The molecule has 0 heterocycles. The fourth-order valence-electron chi connectivity index (χ4n) is 4.21. The smallest absolute Gasteiger partial charge is 0.417 e. The molecule has 5 aromatic carbocycles. The first kappa shape index (κ1) is 33.7. The summed E-state index contributed by atoms with van der Waals surface area (Å²) in [6.45, 7) is 0. The number of benzene rings is 5. The second-order valence-electron chi connectivity index (χ2n) is 9.22. The summed E-state index contributed by atoms with van der Waals surface area (Å²) in [7, 11) is -1.27. The van der Waals surface area contributed by atoms with Gasteiger partial charge in [-0.15, -0.1) is 0 Å². The molecular weight excluding hydrogens is 612 g/mol. The quantitative estimate of drug-likeness (QED) is 0.0921. The van der Waals surface area contributed by atoms with E-state index in [1.54, 1.807) is 91.0 Å². The van der Waals surface area contributed by atoms with Crippen LogP contribution in [0.4, 0.5) is 26.3 Å². The van der Waals surface area contributed by atoms with Gasteiger partial charge < -0.3 is 14.2 Å². The van der Waals surface area contributed by atoms with Gasteiger partial charge in [0.1, 0.15) is 34.5 Å². The Morgan fingerprint density at radius 3 is 1.27 bits per heavy atom. The molecule has 0 aliphatic heterocycles. The van der Waals surface area contributed by atoms with Gasteiger partial charge in [0.05, 0.1) is 16.4 Å². The van der Waals surface area contributed by atoms with E-state index in [9.17, 15) is 31.1 Å². The van der Waals surface area contributed by atoms with Crippen LogP contribution in [0.5, 0.6) is 34.5 Å². The molecule has 0 aromatic heterocycles. The largest absolute Gasteiger partial charge is 0.457 e. The Morgan fingerprint density at radius 2 is 0.889 bits per heavy atom. The van der Waals surface area contributed by atoms with E-state index < -0.39 is 43.1 Å². The Hall–Kier alpha value is -4.22. The third-order valence-corrected chi connectivity index (χ3v) is 7.32. The van der Waals surface area contributed by atoms with E-state index in [0.717, 1.165) is 0 Å². The minimum Gasteiger partial charge on any atom is -0.457 e. The summed E-state index contributed by atoms with van der Waals surface area (Å²) >= 11 is 0. The van der Waals surface area contributed by atoms with E-state index in [4.69, 9.17) is 14.2 Å². The molecule has 5 rings (SSSR count). The number of para-hydroxylation sites is 3. The Balaban J connectivity index is 0.00000461. The molecule has 0 N–H and O–H groups in total. The Morgan fingerprint density at radius 1 is 0.511 bits per heavy atom. The fraction of sp³-hybridized carbons (Fsp3) is 0.0606. The van der Waals surface area contributed by atoms with Crippen LogP contribution in [0.25, 0.3) is 0 Å². The summed E-state index contributed by atoms with van der Waals surface area (Å²) in [6, 6.07) is 29.5. The van der Waals surface area contributed by atoms with Crippen LogP contribution in [-0.2, 0) is 12.4 Å². The van der Waals surface area contributed by atoms with Gasteiger partial charge in [0.2, 0.25) is 0 Å². The molecule has 45 heavy (non-hydrogen) atoms. The molecule has 0 saturated heterocycles. The maximum absolute atomic E-state index is 13.9. The van der Waals surface area contributed by atoms with Crippen molar-refractivity contribution in [3.05, 3.63) is 138 Å². The minimum atomic E-state index is -5.23. The van der Waals surface area contributed by atoms with Crippen LogP contribution in [-0.4, -0.2) is 24.4 Å². The SMILES string of the molecule is O=C(Pc1c(Oc2ccccc2)cc(Oc2ccccc2)cc1Oc1ccccc1)c1c(C(F)(F)F)cccc1C(F)(F)F.[Li]. The van der Waals surface area contributed by atoms with Crippen LogP contribution in [0, 0.1) is 0 Å². The number of halogens is 6. The zero-order chi connectivity index (χ0) is 31.3. The Bertz CT molecular complexity index is 1650. The van der Waals surface area contributed by atoms with Crippen LogP contribution in [0.2, 0.25) is 0 Å². The zero-order valence-corrected chi connectivity index (χ0v) is 24.4. The molecule has 0 saturated carbocycles. The topological polar surface area (TPSA) is 44.8 Å². The van der Waals surface area contributed by atoms with Gasteiger partial charge in [0.25, 0.3) is 0 Å². The summed E-state index contributed by atoms with van der Waals surface area (Å²) in [6.07, 6.45) is -10.5. The van der Waals surface area contributed by atoms with Gasteiger partial charge in [-0.3, -0.25) is 4.79 Å². The monoisotopic (exact) mass is 633 g/mol. The van der Waals surface area contributed by atoms with Crippen molar-refractivity contribution in [2.24, 2.45) is 0 Å². The van der Waals surface area contributed by atoms with Gasteiger partial charge in [0.15, 0.2) is 5.52 Å². The number of carbonyl (C=O) groups excluding carboxylic acids is 1. The van der Waals surface area contributed by atoms with E-state index in [1.165, 1.54) is 12.1 Å². The van der Waals surface area contributed by atoms with Crippen molar-refractivity contribution in [1.29, 1.82) is 0 Å². The van der Waals surface area contributed by atoms with E-state index in [0.29, 0.717) is 35.4 Å². The first-order chi connectivity index (χ1) is 21.0. The van der Waals surface area contributed by atoms with E-state index in [-0.39, 0.29) is 41.4 Å². The summed E-state index contributed by atoms with van der Waals surface area (Å²) in [5, 5.41) is -0.0618. The van der Waals surface area contributed by atoms with Crippen molar-refractivity contribution in [2.75, 3.05) is 0 Å². The van der Waals surface area contributed by atoms with Crippen molar-refractivity contribution in [1.82, 2.24) is 0 Å². The zero-order valence-electron chi connectivity index (χ0n) is 23.4. The molecule has 1 radical (unpaired) electrons. The predicted octanol–water partition coefficient (Wildman–Crippen LogP) is 9.86. The molecule has 1 atom stereocenters. The van der Waals surface area contributed by atoms with Crippen LogP contribution in [0.15, 0.2) is 121 Å². The molecule has 0 amide bonds. The molecule has 4 nitrogen and oxygen atoms in total. The van der Waals surface area contributed by atoms with Crippen LogP contribution in [0.3, 0.4) is 0 Å². The first-order valence-electron chi connectivity index (χ1n) is 12.9. The van der Waals surface area contributed by atoms with Gasteiger partial charge in [-0.25, -0.2) is 0 Å². The number of ether oxygens (including phenoxy) is 3. The van der Waals surface area contributed by atoms with Crippen molar-refractivity contribution in [3.63, 3.8) is 0 Å². The molecule has 5 aromatic rings. The summed E-state index contributed by atoms with van der Waals surface area (Å²) < 4.78 is 102. The maximum atomic E-state index is 13.9. The molecule has 0 fully saturated rings. The van der Waals surface area contributed by atoms with Crippen LogP contribution < -0.4 is 19.5 Å². The van der Waals surface area contributed by atoms with Crippen molar-refractivity contribution in [2.45, 2.75) is 12.4 Å². The van der Waals surface area contributed by atoms with Crippen molar-refractivity contribution < 1.29 is 45.3 Å². The Kier molecular flexibility index (Phi) is 10.7. The van der Waals surface area contributed by atoms with Crippen molar-refractivity contribution in [3.8, 4) is 34.5 Å².